The van der Waals surface area contributed by atoms with E-state index in [0.717, 1.165) is 0 Å². The van der Waals surface area contributed by atoms with Crippen LogP contribution >= 0.6 is 0 Å². The van der Waals surface area contributed by atoms with Gasteiger partial charge in [-0.05, 0) is 12.1 Å². The predicted octanol–water partition coefficient (Wildman–Crippen LogP) is 0.847. The zero-order valence-corrected chi connectivity index (χ0v) is 8.58. The van der Waals surface area contributed by atoms with Crippen LogP contribution < -0.4 is 5.32 Å². The Kier molecular flexibility index (Phi) is 2.91. The van der Waals surface area contributed by atoms with Gasteiger partial charge >= 0.3 is 0 Å². The van der Waals surface area contributed by atoms with Gasteiger partial charge in [0.15, 0.2) is 0 Å². The van der Waals surface area contributed by atoms with Crippen LogP contribution in [0.2, 0.25) is 0 Å². The summed E-state index contributed by atoms with van der Waals surface area (Å²) in [5.74, 6) is -2.25. The van der Waals surface area contributed by atoms with Gasteiger partial charge in [0.1, 0.15) is 5.76 Å². The number of likely N-dealkylation sites (tertiary alicyclic amines) is 1. The number of alkyl halides is 2. The number of halogens is 2. The molecule has 0 spiro atoms. The lowest BCUT2D eigenvalue weighted by Gasteiger charge is -2.37. The maximum Gasteiger partial charge on any atom is 0.272 e. The highest BCUT2D eigenvalue weighted by atomic mass is 19.3. The first-order valence-electron chi connectivity index (χ1n) is 4.94. The van der Waals surface area contributed by atoms with E-state index in [9.17, 15) is 13.6 Å². The fourth-order valence-corrected chi connectivity index (χ4v) is 1.58. The van der Waals surface area contributed by atoms with Crippen LogP contribution in [-0.2, 0) is 11.3 Å². The maximum absolute atomic E-state index is 12.5. The number of amides is 1. The number of rotatable bonds is 4. The van der Waals surface area contributed by atoms with Gasteiger partial charge in [-0.1, -0.05) is 0 Å². The van der Waals surface area contributed by atoms with Crippen molar-refractivity contribution in [2.45, 2.75) is 12.5 Å². The Hall–Kier alpha value is -1.43. The van der Waals surface area contributed by atoms with Crippen molar-refractivity contribution in [1.29, 1.82) is 0 Å². The van der Waals surface area contributed by atoms with Crippen molar-refractivity contribution in [2.75, 3.05) is 19.6 Å². The van der Waals surface area contributed by atoms with Crippen molar-refractivity contribution < 1.29 is 18.0 Å². The van der Waals surface area contributed by atoms with Crippen molar-refractivity contribution in [1.82, 2.24) is 10.2 Å². The largest absolute Gasteiger partial charge is 0.467 e. The van der Waals surface area contributed by atoms with E-state index >= 15 is 0 Å². The first kappa shape index (κ1) is 11.1. The molecule has 1 amide bonds. The highest BCUT2D eigenvalue weighted by Crippen LogP contribution is 2.25. The highest BCUT2D eigenvalue weighted by Gasteiger charge is 2.44. The van der Waals surface area contributed by atoms with Gasteiger partial charge in [0.2, 0.25) is 5.91 Å². The standard InChI is InChI=1S/C10H12F2N2O2/c11-10(12)6-14(7-10)5-9(15)13-4-8-2-1-3-16-8/h1-3H,4-7H2,(H,13,15). The Morgan fingerprint density at radius 2 is 2.31 bits per heavy atom. The summed E-state index contributed by atoms with van der Waals surface area (Å²) in [6, 6.07) is 3.45. The molecule has 0 unspecified atom stereocenters. The summed E-state index contributed by atoms with van der Waals surface area (Å²) in [4.78, 5) is 12.7. The molecule has 2 rings (SSSR count). The third-order valence-electron chi connectivity index (χ3n) is 2.32. The number of nitrogens with one attached hydrogen (secondary N) is 1. The van der Waals surface area contributed by atoms with Gasteiger partial charge in [-0.3, -0.25) is 9.69 Å². The third kappa shape index (κ3) is 2.79. The molecule has 6 heteroatoms. The summed E-state index contributed by atoms with van der Waals surface area (Å²) in [5.41, 5.74) is 0. The zero-order valence-electron chi connectivity index (χ0n) is 8.58. The Morgan fingerprint density at radius 3 is 2.88 bits per heavy atom. The van der Waals surface area contributed by atoms with Crippen LogP contribution in [0.25, 0.3) is 0 Å². The molecule has 0 aliphatic carbocycles. The van der Waals surface area contributed by atoms with Gasteiger partial charge in [-0.2, -0.15) is 0 Å². The summed E-state index contributed by atoms with van der Waals surface area (Å²) in [7, 11) is 0. The first-order chi connectivity index (χ1) is 7.55. The number of nitrogens with zero attached hydrogens (tertiary/aromatic N) is 1. The smallest absolute Gasteiger partial charge is 0.272 e. The highest BCUT2D eigenvalue weighted by molar-refractivity contribution is 5.78. The minimum Gasteiger partial charge on any atom is -0.467 e. The van der Waals surface area contributed by atoms with Crippen LogP contribution in [0.5, 0.6) is 0 Å². The molecule has 1 saturated heterocycles. The first-order valence-corrected chi connectivity index (χ1v) is 4.94. The molecule has 0 radical (unpaired) electrons. The van der Waals surface area contributed by atoms with Crippen molar-refractivity contribution >= 4 is 5.91 Å². The van der Waals surface area contributed by atoms with Gasteiger partial charge in [0.05, 0.1) is 32.4 Å². The SMILES string of the molecule is O=C(CN1CC(F)(F)C1)NCc1ccco1. The fraction of sp³-hybridized carbons (Fsp3) is 0.500. The van der Waals surface area contributed by atoms with E-state index in [1.54, 1.807) is 12.1 Å². The lowest BCUT2D eigenvalue weighted by Crippen LogP contribution is -2.58. The van der Waals surface area contributed by atoms with Crippen LogP contribution in [0.4, 0.5) is 8.78 Å². The van der Waals surface area contributed by atoms with Crippen LogP contribution in [0.15, 0.2) is 22.8 Å². The predicted molar refractivity (Wildman–Crippen MR) is 51.9 cm³/mol. The molecular formula is C10H12F2N2O2. The minimum absolute atomic E-state index is 0.0102. The van der Waals surface area contributed by atoms with E-state index < -0.39 is 5.92 Å². The molecule has 1 aromatic heterocycles. The average Bonchev–Trinajstić information content (AvgIpc) is 2.64. The maximum atomic E-state index is 12.5. The van der Waals surface area contributed by atoms with Gasteiger partial charge in [-0.15, -0.1) is 0 Å². The van der Waals surface area contributed by atoms with Gasteiger partial charge in [0.25, 0.3) is 5.92 Å². The number of carbonyl (C=O) groups excluding carboxylic acids is 1. The van der Waals surface area contributed by atoms with E-state index in [1.165, 1.54) is 11.2 Å². The van der Waals surface area contributed by atoms with Crippen molar-refractivity contribution in [2.24, 2.45) is 0 Å². The normalized spacial score (nSPS) is 19.1. The average molecular weight is 230 g/mol. The molecule has 0 atom stereocenters. The second-order valence-electron chi connectivity index (χ2n) is 3.86. The van der Waals surface area contributed by atoms with Gasteiger partial charge < -0.3 is 9.73 Å². The van der Waals surface area contributed by atoms with E-state index in [1.807, 2.05) is 0 Å². The molecule has 1 aliphatic rings. The molecule has 2 heterocycles. The van der Waals surface area contributed by atoms with Crippen LogP contribution in [0.1, 0.15) is 5.76 Å². The molecule has 4 nitrogen and oxygen atoms in total. The fourth-order valence-electron chi connectivity index (χ4n) is 1.58. The van der Waals surface area contributed by atoms with Crippen molar-refractivity contribution in [3.63, 3.8) is 0 Å². The second-order valence-corrected chi connectivity index (χ2v) is 3.86. The molecule has 1 aromatic rings. The molecule has 0 saturated carbocycles. The minimum atomic E-state index is -2.62. The summed E-state index contributed by atoms with van der Waals surface area (Å²) >= 11 is 0. The molecule has 88 valence electrons. The number of carbonyl (C=O) groups is 1. The summed E-state index contributed by atoms with van der Waals surface area (Å²) in [6.45, 7) is -0.366. The van der Waals surface area contributed by atoms with Crippen LogP contribution in [0.3, 0.4) is 0 Å². The molecule has 0 bridgehead atoms. The zero-order chi connectivity index (χ0) is 11.6. The Balaban J connectivity index is 1.66. The Morgan fingerprint density at radius 1 is 1.56 bits per heavy atom. The van der Waals surface area contributed by atoms with Crippen LogP contribution in [-0.4, -0.2) is 36.4 Å². The monoisotopic (exact) mass is 230 g/mol. The lowest BCUT2D eigenvalue weighted by molar-refractivity contribution is -0.144. The van der Waals surface area contributed by atoms with E-state index in [0.29, 0.717) is 5.76 Å². The Bertz CT molecular complexity index is 357. The topological polar surface area (TPSA) is 45.5 Å². The second kappa shape index (κ2) is 4.21. The van der Waals surface area contributed by atoms with E-state index in [4.69, 9.17) is 4.42 Å². The molecule has 1 aliphatic heterocycles. The number of hydrogen-bond acceptors (Lipinski definition) is 3. The van der Waals surface area contributed by atoms with Gasteiger partial charge in [-0.25, -0.2) is 8.78 Å². The molecule has 0 aromatic carbocycles. The number of hydrogen-bond donors (Lipinski definition) is 1. The summed E-state index contributed by atoms with van der Waals surface area (Å²) < 4.78 is 29.9. The quantitative estimate of drug-likeness (QED) is 0.834. The van der Waals surface area contributed by atoms with Crippen molar-refractivity contribution in [3.8, 4) is 0 Å². The van der Waals surface area contributed by atoms with Crippen molar-refractivity contribution in [3.05, 3.63) is 24.2 Å². The van der Waals surface area contributed by atoms with E-state index in [2.05, 4.69) is 5.32 Å². The van der Waals surface area contributed by atoms with E-state index in [-0.39, 0.29) is 32.1 Å². The third-order valence-corrected chi connectivity index (χ3v) is 2.32. The molecule has 1 fully saturated rings. The van der Waals surface area contributed by atoms with Crippen LogP contribution in [0, 0.1) is 0 Å². The molecular weight excluding hydrogens is 218 g/mol. The van der Waals surface area contributed by atoms with Gasteiger partial charge in [0, 0.05) is 0 Å². The molecule has 1 N–H and O–H groups in total. The molecule has 16 heavy (non-hydrogen) atoms. The Labute approximate surface area is 91.2 Å². The summed E-state index contributed by atoms with van der Waals surface area (Å²) in [6.07, 6.45) is 1.51. The number of furan rings is 1. The summed E-state index contributed by atoms with van der Waals surface area (Å²) in [5, 5.41) is 2.59. The lowest BCUT2D eigenvalue weighted by atomic mass is 10.1.